The molecule has 1 fully saturated rings. The number of aromatic nitrogens is 1. The fraction of sp³-hybridized carbons (Fsp3) is 0.435. The number of carbonyl (C=O) groups is 2. The Hall–Kier alpha value is -2.34. The molecule has 1 aromatic carbocycles. The van der Waals surface area contributed by atoms with Crippen LogP contribution in [0.5, 0.6) is 0 Å². The Morgan fingerprint density at radius 1 is 0.966 bits per heavy atom. The highest BCUT2D eigenvalue weighted by atomic mass is 32.2. The zero-order valence-electron chi connectivity index (χ0n) is 17.2. The van der Waals surface area contributed by atoms with Gasteiger partial charge in [0.25, 0.3) is 0 Å². The van der Waals surface area contributed by atoms with Crippen LogP contribution < -0.4 is 0 Å². The van der Waals surface area contributed by atoms with Crippen molar-refractivity contribution in [3.05, 3.63) is 66.0 Å². The number of amides is 2. The Balaban J connectivity index is 1.51. The van der Waals surface area contributed by atoms with Crippen molar-refractivity contribution < 1.29 is 9.59 Å². The summed E-state index contributed by atoms with van der Waals surface area (Å²) in [5.41, 5.74) is 2.02. The number of hydrogen-bond acceptors (Lipinski definition) is 4. The van der Waals surface area contributed by atoms with Gasteiger partial charge in [-0.25, -0.2) is 0 Å². The highest BCUT2D eigenvalue weighted by Gasteiger charge is 2.31. The number of hydrogen-bond donors (Lipinski definition) is 0. The highest BCUT2D eigenvalue weighted by molar-refractivity contribution is 7.99. The lowest BCUT2D eigenvalue weighted by Crippen LogP contribution is -2.53. The summed E-state index contributed by atoms with van der Waals surface area (Å²) in [6, 6.07) is 15.9. The second-order valence-electron chi connectivity index (χ2n) is 7.67. The lowest BCUT2D eigenvalue weighted by Gasteiger charge is -2.37. The number of piperazine rings is 1. The van der Waals surface area contributed by atoms with Crippen LogP contribution in [-0.2, 0) is 21.8 Å². The zero-order chi connectivity index (χ0) is 20.6. The van der Waals surface area contributed by atoms with E-state index < -0.39 is 0 Å². The van der Waals surface area contributed by atoms with Crippen LogP contribution in [0.1, 0.15) is 25.1 Å². The first-order valence-electron chi connectivity index (χ1n) is 10.2. The van der Waals surface area contributed by atoms with Crippen molar-refractivity contribution >= 4 is 23.6 Å². The first-order chi connectivity index (χ1) is 14.0. The number of carbonyl (C=O) groups excluding carboxylic acids is 2. The molecule has 154 valence electrons. The largest absolute Gasteiger partial charge is 0.339 e. The predicted octanol–water partition coefficient (Wildman–Crippen LogP) is 3.25. The van der Waals surface area contributed by atoms with E-state index in [0.717, 1.165) is 11.4 Å². The summed E-state index contributed by atoms with van der Waals surface area (Å²) in [5, 5.41) is -0.0639. The van der Waals surface area contributed by atoms with Crippen LogP contribution in [0.3, 0.4) is 0 Å². The molecule has 0 N–H and O–H groups in total. The normalized spacial score (nSPS) is 15.4. The van der Waals surface area contributed by atoms with Crippen molar-refractivity contribution in [2.45, 2.75) is 31.3 Å². The molecule has 1 unspecified atom stereocenters. The lowest BCUT2D eigenvalue weighted by atomic mass is 10.1. The maximum Gasteiger partial charge on any atom is 0.236 e. The number of nitrogens with zero attached hydrogens (tertiary/aromatic N) is 3. The monoisotopic (exact) mass is 411 g/mol. The first-order valence-corrected chi connectivity index (χ1v) is 11.2. The van der Waals surface area contributed by atoms with Gasteiger partial charge in [0.1, 0.15) is 0 Å². The van der Waals surface area contributed by atoms with Crippen molar-refractivity contribution in [2.24, 2.45) is 5.92 Å². The number of pyridine rings is 1. The van der Waals surface area contributed by atoms with Crippen LogP contribution in [0.4, 0.5) is 0 Å². The molecule has 1 atom stereocenters. The van der Waals surface area contributed by atoms with E-state index in [9.17, 15) is 9.59 Å². The molecule has 2 heterocycles. The molecule has 1 aliphatic rings. The van der Waals surface area contributed by atoms with Crippen molar-refractivity contribution in [1.82, 2.24) is 14.8 Å². The molecule has 2 aromatic rings. The molecule has 0 bridgehead atoms. The molecule has 1 aliphatic heterocycles. The van der Waals surface area contributed by atoms with E-state index in [2.05, 4.69) is 31.0 Å². The van der Waals surface area contributed by atoms with Crippen LogP contribution in [-0.4, -0.2) is 58.0 Å². The Labute approximate surface area is 177 Å². The maximum atomic E-state index is 13.1. The van der Waals surface area contributed by atoms with Gasteiger partial charge >= 0.3 is 0 Å². The lowest BCUT2D eigenvalue weighted by molar-refractivity contribution is -0.139. The standard InChI is InChI=1S/C23H29N3O2S/c1-18(2)22(29-17-19-8-4-3-5-9-19)23(28)26-14-12-25(13-15-26)21(27)16-20-10-6-7-11-24-20/h3-11,18,22H,12-17H2,1-2H3. The van der Waals surface area contributed by atoms with Gasteiger partial charge in [0, 0.05) is 43.8 Å². The Kier molecular flexibility index (Phi) is 7.69. The first kappa shape index (κ1) is 21.4. The average Bonchev–Trinajstić information content (AvgIpc) is 2.75. The molecular formula is C23H29N3O2S. The van der Waals surface area contributed by atoms with Gasteiger partial charge in [0.05, 0.1) is 11.7 Å². The summed E-state index contributed by atoms with van der Waals surface area (Å²) >= 11 is 1.71. The Morgan fingerprint density at radius 2 is 1.62 bits per heavy atom. The van der Waals surface area contributed by atoms with Crippen LogP contribution in [0, 0.1) is 5.92 Å². The van der Waals surface area contributed by atoms with Gasteiger partial charge in [0.2, 0.25) is 11.8 Å². The van der Waals surface area contributed by atoms with E-state index in [4.69, 9.17) is 0 Å². The van der Waals surface area contributed by atoms with E-state index in [-0.39, 0.29) is 23.0 Å². The molecule has 5 nitrogen and oxygen atoms in total. The topological polar surface area (TPSA) is 53.5 Å². The quantitative estimate of drug-likeness (QED) is 0.702. The summed E-state index contributed by atoms with van der Waals surface area (Å²) in [4.78, 5) is 33.6. The van der Waals surface area contributed by atoms with Gasteiger partial charge < -0.3 is 9.80 Å². The summed E-state index contributed by atoms with van der Waals surface area (Å²) in [6.45, 7) is 6.58. The summed E-state index contributed by atoms with van der Waals surface area (Å²) in [7, 11) is 0. The van der Waals surface area contributed by atoms with Gasteiger partial charge in [0.15, 0.2) is 0 Å². The van der Waals surface area contributed by atoms with E-state index >= 15 is 0 Å². The van der Waals surface area contributed by atoms with Crippen molar-refractivity contribution in [3.8, 4) is 0 Å². The van der Waals surface area contributed by atoms with E-state index in [0.29, 0.717) is 32.6 Å². The Morgan fingerprint density at radius 3 is 2.24 bits per heavy atom. The second kappa shape index (κ2) is 10.4. The van der Waals surface area contributed by atoms with Crippen LogP contribution in [0.25, 0.3) is 0 Å². The van der Waals surface area contributed by atoms with E-state index in [1.165, 1.54) is 5.56 Å². The minimum absolute atomic E-state index is 0.0639. The van der Waals surface area contributed by atoms with Gasteiger partial charge in [-0.1, -0.05) is 50.2 Å². The minimum atomic E-state index is -0.0639. The minimum Gasteiger partial charge on any atom is -0.339 e. The van der Waals surface area contributed by atoms with Gasteiger partial charge in [-0.15, -0.1) is 11.8 Å². The summed E-state index contributed by atoms with van der Waals surface area (Å²) in [6.07, 6.45) is 2.02. The molecule has 29 heavy (non-hydrogen) atoms. The number of rotatable bonds is 7. The SMILES string of the molecule is CC(C)C(SCc1ccccc1)C(=O)N1CCN(C(=O)Cc2ccccn2)CC1. The third-order valence-corrected chi connectivity index (χ3v) is 6.73. The zero-order valence-corrected chi connectivity index (χ0v) is 18.0. The molecule has 1 saturated heterocycles. The molecular weight excluding hydrogens is 382 g/mol. The maximum absolute atomic E-state index is 13.1. The Bertz CT molecular complexity index is 790. The summed E-state index contributed by atoms with van der Waals surface area (Å²) < 4.78 is 0. The fourth-order valence-electron chi connectivity index (χ4n) is 3.43. The molecule has 1 aromatic heterocycles. The molecule has 0 radical (unpaired) electrons. The van der Waals surface area contributed by atoms with Crippen LogP contribution in [0.15, 0.2) is 54.7 Å². The number of benzene rings is 1. The molecule has 0 spiro atoms. The molecule has 0 aliphatic carbocycles. The van der Waals surface area contributed by atoms with E-state index in [1.54, 1.807) is 18.0 Å². The van der Waals surface area contributed by atoms with Gasteiger partial charge in [-0.3, -0.25) is 14.6 Å². The van der Waals surface area contributed by atoms with Crippen molar-refractivity contribution in [2.75, 3.05) is 26.2 Å². The highest BCUT2D eigenvalue weighted by Crippen LogP contribution is 2.26. The fourth-order valence-corrected chi connectivity index (χ4v) is 4.68. The third kappa shape index (κ3) is 6.07. The molecule has 3 rings (SSSR count). The van der Waals surface area contributed by atoms with Crippen LogP contribution in [0.2, 0.25) is 0 Å². The molecule has 2 amide bonds. The van der Waals surface area contributed by atoms with Crippen molar-refractivity contribution in [1.29, 1.82) is 0 Å². The predicted molar refractivity (Wildman–Crippen MR) is 117 cm³/mol. The molecule has 6 heteroatoms. The molecule has 0 saturated carbocycles. The van der Waals surface area contributed by atoms with Crippen molar-refractivity contribution in [3.63, 3.8) is 0 Å². The number of thioether (sulfide) groups is 1. The van der Waals surface area contributed by atoms with E-state index in [1.807, 2.05) is 46.2 Å². The smallest absolute Gasteiger partial charge is 0.236 e. The average molecular weight is 412 g/mol. The van der Waals surface area contributed by atoms with Crippen LogP contribution >= 0.6 is 11.8 Å². The summed E-state index contributed by atoms with van der Waals surface area (Å²) in [5.74, 6) is 1.37. The second-order valence-corrected chi connectivity index (χ2v) is 8.80. The van der Waals surface area contributed by atoms with Gasteiger partial charge in [-0.2, -0.15) is 0 Å². The van der Waals surface area contributed by atoms with Gasteiger partial charge in [-0.05, 0) is 23.6 Å². The third-order valence-electron chi connectivity index (χ3n) is 5.12.